The maximum Gasteiger partial charge on any atom is 0.253 e. The number of piperazine rings is 1. The molecule has 1 aromatic carbocycles. The molecule has 0 N–H and O–H groups in total. The molecule has 1 saturated heterocycles. The lowest BCUT2D eigenvalue weighted by molar-refractivity contribution is -0.132. The summed E-state index contributed by atoms with van der Waals surface area (Å²) in [6.07, 6.45) is 0.521. The van der Waals surface area contributed by atoms with E-state index >= 15 is 0 Å². The van der Waals surface area contributed by atoms with Crippen LogP contribution in [0.5, 0.6) is 0 Å². The topological polar surface area (TPSA) is 53.5 Å². The van der Waals surface area contributed by atoms with Crippen molar-refractivity contribution in [2.75, 3.05) is 26.2 Å². The van der Waals surface area contributed by atoms with E-state index in [4.69, 9.17) is 0 Å². The highest BCUT2D eigenvalue weighted by Gasteiger charge is 2.23. The number of nitrogens with zero attached hydrogens (tertiary/aromatic N) is 3. The lowest BCUT2D eigenvalue weighted by Gasteiger charge is -2.34. The van der Waals surface area contributed by atoms with Gasteiger partial charge in [-0.25, -0.2) is 4.98 Å². The fourth-order valence-electron chi connectivity index (χ4n) is 2.89. The third-order valence-electron chi connectivity index (χ3n) is 4.38. The Labute approximate surface area is 162 Å². The minimum Gasteiger partial charge on any atom is -0.339 e. The van der Waals surface area contributed by atoms with Crippen LogP contribution in [0.25, 0.3) is 0 Å². The van der Waals surface area contributed by atoms with Gasteiger partial charge in [0.15, 0.2) is 0 Å². The summed E-state index contributed by atoms with van der Waals surface area (Å²) in [5.41, 5.74) is 1.80. The normalized spacial score (nSPS) is 14.5. The molecule has 138 valence electrons. The van der Waals surface area contributed by atoms with Crippen LogP contribution >= 0.6 is 23.1 Å². The number of hydrogen-bond acceptors (Lipinski definition) is 5. The van der Waals surface area contributed by atoms with Crippen molar-refractivity contribution >= 4 is 34.9 Å². The number of amides is 2. The zero-order valence-corrected chi connectivity index (χ0v) is 16.7. The van der Waals surface area contributed by atoms with Gasteiger partial charge in [-0.15, -0.1) is 23.1 Å². The van der Waals surface area contributed by atoms with E-state index in [0.717, 1.165) is 21.3 Å². The first-order valence-corrected chi connectivity index (χ1v) is 10.6. The molecule has 5 nitrogen and oxygen atoms in total. The fraction of sp³-hybridized carbons (Fsp3) is 0.421. The smallest absolute Gasteiger partial charge is 0.253 e. The quantitative estimate of drug-likeness (QED) is 0.735. The zero-order chi connectivity index (χ0) is 18.5. The number of rotatable bonds is 5. The second-order valence-corrected chi connectivity index (χ2v) is 8.31. The van der Waals surface area contributed by atoms with Crippen molar-refractivity contribution in [3.63, 3.8) is 0 Å². The minimum absolute atomic E-state index is 0.0419. The Bertz CT molecular complexity index is 765. The summed E-state index contributed by atoms with van der Waals surface area (Å²) in [7, 11) is 0. The summed E-state index contributed by atoms with van der Waals surface area (Å²) >= 11 is 3.39. The van der Waals surface area contributed by atoms with Gasteiger partial charge < -0.3 is 9.80 Å². The number of thioether (sulfide) groups is 1. The van der Waals surface area contributed by atoms with Crippen molar-refractivity contribution in [3.05, 3.63) is 45.9 Å². The van der Waals surface area contributed by atoms with Gasteiger partial charge in [-0.05, 0) is 31.2 Å². The Morgan fingerprint density at radius 2 is 1.77 bits per heavy atom. The van der Waals surface area contributed by atoms with Gasteiger partial charge in [-0.1, -0.05) is 6.92 Å². The van der Waals surface area contributed by atoms with Gasteiger partial charge in [-0.2, -0.15) is 0 Å². The maximum atomic E-state index is 12.6. The Kier molecular flexibility index (Phi) is 6.32. The van der Waals surface area contributed by atoms with Crippen molar-refractivity contribution in [3.8, 4) is 0 Å². The molecule has 2 aromatic rings. The van der Waals surface area contributed by atoms with Crippen molar-refractivity contribution < 1.29 is 9.59 Å². The first-order valence-electron chi connectivity index (χ1n) is 8.77. The Morgan fingerprint density at radius 1 is 1.12 bits per heavy atom. The molecule has 1 fully saturated rings. The highest BCUT2D eigenvalue weighted by atomic mass is 32.2. The molecule has 1 aromatic heterocycles. The summed E-state index contributed by atoms with van der Waals surface area (Å²) in [4.78, 5) is 33.6. The molecule has 0 unspecified atom stereocenters. The summed E-state index contributed by atoms with van der Waals surface area (Å²) < 4.78 is 0. The third kappa shape index (κ3) is 4.65. The van der Waals surface area contributed by atoms with Gasteiger partial charge in [0, 0.05) is 54.2 Å². The molecule has 2 amide bonds. The van der Waals surface area contributed by atoms with Crippen LogP contribution in [0.1, 0.15) is 34.4 Å². The molecule has 1 aliphatic rings. The van der Waals surface area contributed by atoms with E-state index < -0.39 is 0 Å². The van der Waals surface area contributed by atoms with Crippen LogP contribution in [0.15, 0.2) is 34.5 Å². The SMILES string of the molecule is CCC(=O)N1CCN(C(=O)c2ccc(SCc3csc(C)n3)cc2)CC1. The van der Waals surface area contributed by atoms with Gasteiger partial charge in [0.2, 0.25) is 5.91 Å². The predicted octanol–water partition coefficient (Wildman–Crippen LogP) is 3.44. The monoisotopic (exact) mass is 389 g/mol. The van der Waals surface area contributed by atoms with Crippen LogP contribution in [0.4, 0.5) is 0 Å². The third-order valence-corrected chi connectivity index (χ3v) is 6.24. The fourth-order valence-corrected chi connectivity index (χ4v) is 4.40. The first-order chi connectivity index (χ1) is 12.6. The summed E-state index contributed by atoms with van der Waals surface area (Å²) in [5.74, 6) is 1.04. The molecule has 26 heavy (non-hydrogen) atoms. The maximum absolute atomic E-state index is 12.6. The largest absolute Gasteiger partial charge is 0.339 e. The molecule has 0 saturated carbocycles. The number of aryl methyl sites for hydroxylation is 1. The molecule has 0 atom stereocenters. The number of aromatic nitrogens is 1. The van der Waals surface area contributed by atoms with E-state index in [1.807, 2.05) is 47.9 Å². The number of benzene rings is 1. The van der Waals surface area contributed by atoms with E-state index in [1.165, 1.54) is 0 Å². The average Bonchev–Trinajstić information content (AvgIpc) is 3.11. The average molecular weight is 390 g/mol. The highest BCUT2D eigenvalue weighted by Crippen LogP contribution is 2.24. The molecular weight excluding hydrogens is 366 g/mol. The van der Waals surface area contributed by atoms with E-state index in [0.29, 0.717) is 38.2 Å². The van der Waals surface area contributed by atoms with Gasteiger partial charge in [0.05, 0.1) is 10.7 Å². The van der Waals surface area contributed by atoms with Crippen molar-refractivity contribution in [1.82, 2.24) is 14.8 Å². The first kappa shape index (κ1) is 18.9. The molecule has 2 heterocycles. The number of carbonyl (C=O) groups excluding carboxylic acids is 2. The van der Waals surface area contributed by atoms with Crippen LogP contribution in [0, 0.1) is 6.92 Å². The van der Waals surface area contributed by atoms with Gasteiger partial charge >= 0.3 is 0 Å². The number of carbonyl (C=O) groups is 2. The Hall–Kier alpha value is -1.86. The van der Waals surface area contributed by atoms with Gasteiger partial charge in [0.25, 0.3) is 5.91 Å². The molecule has 0 bridgehead atoms. The van der Waals surface area contributed by atoms with Crippen molar-refractivity contribution in [2.24, 2.45) is 0 Å². The summed E-state index contributed by atoms with van der Waals surface area (Å²) in [6.45, 7) is 6.33. The lowest BCUT2D eigenvalue weighted by atomic mass is 10.2. The van der Waals surface area contributed by atoms with E-state index in [1.54, 1.807) is 23.1 Å². The summed E-state index contributed by atoms with van der Waals surface area (Å²) in [5, 5.41) is 3.17. The van der Waals surface area contributed by atoms with Crippen LogP contribution < -0.4 is 0 Å². The van der Waals surface area contributed by atoms with Gasteiger partial charge in [0.1, 0.15) is 0 Å². The molecule has 1 aliphatic heterocycles. The second-order valence-electron chi connectivity index (χ2n) is 6.20. The molecule has 0 aliphatic carbocycles. The van der Waals surface area contributed by atoms with Crippen LogP contribution in [-0.2, 0) is 10.5 Å². The van der Waals surface area contributed by atoms with Crippen LogP contribution in [-0.4, -0.2) is 52.8 Å². The highest BCUT2D eigenvalue weighted by molar-refractivity contribution is 7.98. The van der Waals surface area contributed by atoms with Crippen molar-refractivity contribution in [2.45, 2.75) is 30.9 Å². The minimum atomic E-state index is 0.0419. The summed E-state index contributed by atoms with van der Waals surface area (Å²) in [6, 6.07) is 7.77. The van der Waals surface area contributed by atoms with Crippen molar-refractivity contribution in [1.29, 1.82) is 0 Å². The molecular formula is C19H23N3O2S2. The molecule has 0 spiro atoms. The van der Waals surface area contributed by atoms with E-state index in [9.17, 15) is 9.59 Å². The van der Waals surface area contributed by atoms with Gasteiger partial charge in [-0.3, -0.25) is 9.59 Å². The second kappa shape index (κ2) is 8.68. The standard InChI is InChI=1S/C19H23N3O2S2/c1-3-18(23)21-8-10-22(11-9-21)19(24)15-4-6-17(7-5-15)26-13-16-12-25-14(2)20-16/h4-7,12H,3,8-11,13H2,1-2H3. The Morgan fingerprint density at radius 3 is 2.35 bits per heavy atom. The lowest BCUT2D eigenvalue weighted by Crippen LogP contribution is -2.50. The van der Waals surface area contributed by atoms with Crippen LogP contribution in [0.3, 0.4) is 0 Å². The predicted molar refractivity (Wildman–Crippen MR) is 106 cm³/mol. The Balaban J connectivity index is 1.53. The molecule has 3 rings (SSSR count). The van der Waals surface area contributed by atoms with E-state index in [-0.39, 0.29) is 11.8 Å². The molecule has 0 radical (unpaired) electrons. The van der Waals surface area contributed by atoms with Crippen LogP contribution in [0.2, 0.25) is 0 Å². The number of thiazole rings is 1. The van der Waals surface area contributed by atoms with E-state index in [2.05, 4.69) is 10.4 Å². The molecule has 7 heteroatoms. The zero-order valence-electron chi connectivity index (χ0n) is 15.1. The number of hydrogen-bond donors (Lipinski definition) is 0.